The number of rotatable bonds is 4. The summed E-state index contributed by atoms with van der Waals surface area (Å²) in [5, 5.41) is 12.0. The number of carbonyl (C=O) groups is 1. The number of aliphatic carboxylic acids is 1. The molecule has 0 aliphatic carbocycles. The fourth-order valence-corrected chi connectivity index (χ4v) is 4.25. The highest BCUT2D eigenvalue weighted by molar-refractivity contribution is 6.07. The maximum Gasteiger partial charge on any atom is 0.352 e. The molecule has 0 amide bonds. The van der Waals surface area contributed by atoms with Crippen LogP contribution in [0.1, 0.15) is 32.8 Å². The Bertz CT molecular complexity index is 1060. The number of nitrogens with one attached hydrogen (secondary N) is 1. The van der Waals surface area contributed by atoms with Crippen LogP contribution in [0, 0.1) is 11.8 Å². The molecule has 2 unspecified atom stereocenters. The molecule has 1 aromatic carbocycles. The lowest BCUT2D eigenvalue weighted by Gasteiger charge is -2.31. The van der Waals surface area contributed by atoms with Crippen molar-refractivity contribution in [2.24, 2.45) is 11.8 Å². The predicted octanol–water partition coefficient (Wildman–Crippen LogP) is 4.51. The first-order valence-electron chi connectivity index (χ1n) is 9.44. The summed E-state index contributed by atoms with van der Waals surface area (Å²) in [6.07, 6.45) is 2.52. The van der Waals surface area contributed by atoms with Gasteiger partial charge in [0.15, 0.2) is 0 Å². The van der Waals surface area contributed by atoms with Gasteiger partial charge < -0.3 is 15.0 Å². The molecule has 4 rings (SSSR count). The van der Waals surface area contributed by atoms with Gasteiger partial charge in [-0.15, -0.1) is 0 Å². The molecule has 0 bridgehead atoms. The Morgan fingerprint density at radius 2 is 2.04 bits per heavy atom. The first-order valence-corrected chi connectivity index (χ1v) is 9.44. The lowest BCUT2D eigenvalue weighted by atomic mass is 9.87. The molecular weight excluding hydrogens is 338 g/mol. The molecule has 0 radical (unpaired) electrons. The molecule has 0 saturated heterocycles. The predicted molar refractivity (Wildman–Crippen MR) is 108 cm³/mol. The fraction of sp³-hybridized carbons (Fsp3) is 0.364. The number of pyridine rings is 1. The summed E-state index contributed by atoms with van der Waals surface area (Å²) in [6.45, 7) is 6.60. The third-order valence-electron chi connectivity index (χ3n) is 6.13. The van der Waals surface area contributed by atoms with Gasteiger partial charge in [0.25, 0.3) is 0 Å². The van der Waals surface area contributed by atoms with Crippen molar-refractivity contribution in [1.29, 1.82) is 0 Å². The van der Waals surface area contributed by atoms with E-state index in [0.717, 1.165) is 39.5 Å². The van der Waals surface area contributed by atoms with Crippen LogP contribution in [0.25, 0.3) is 27.5 Å². The maximum absolute atomic E-state index is 12.0. The van der Waals surface area contributed by atoms with Crippen LogP contribution in [-0.2, 0) is 4.79 Å². The molecule has 1 aliphatic rings. The topological polar surface area (TPSA) is 69.2 Å². The average molecular weight is 363 g/mol. The number of hydrogen-bond donors (Lipinski definition) is 2. The number of H-pyrrole nitrogens is 1. The number of fused-ring (bicyclic) bond motifs is 3. The number of benzene rings is 1. The second-order valence-corrected chi connectivity index (χ2v) is 7.90. The van der Waals surface area contributed by atoms with Gasteiger partial charge in [-0.05, 0) is 53.7 Å². The average Bonchev–Trinajstić information content (AvgIpc) is 3.18. The summed E-state index contributed by atoms with van der Waals surface area (Å²) in [5.41, 5.74) is 4.19. The van der Waals surface area contributed by atoms with E-state index < -0.39 is 5.97 Å². The molecule has 3 aromatic rings. The van der Waals surface area contributed by atoms with Gasteiger partial charge in [-0.1, -0.05) is 26.8 Å². The third-order valence-corrected chi connectivity index (χ3v) is 6.13. The van der Waals surface area contributed by atoms with Gasteiger partial charge in [-0.3, -0.25) is 0 Å². The number of carboxylic acids is 1. The molecule has 0 saturated carbocycles. The Labute approximate surface area is 158 Å². The van der Waals surface area contributed by atoms with Crippen molar-refractivity contribution in [3.63, 3.8) is 0 Å². The summed E-state index contributed by atoms with van der Waals surface area (Å²) in [6, 6.07) is 10.3. The molecule has 27 heavy (non-hydrogen) atoms. The lowest BCUT2D eigenvalue weighted by molar-refractivity contribution is -0.134. The first kappa shape index (κ1) is 17.6. The van der Waals surface area contributed by atoms with Gasteiger partial charge in [-0.2, -0.15) is 0 Å². The minimum atomic E-state index is -0.855. The van der Waals surface area contributed by atoms with E-state index in [1.165, 1.54) is 0 Å². The largest absolute Gasteiger partial charge is 0.477 e. The monoisotopic (exact) mass is 363 g/mol. The highest BCUT2D eigenvalue weighted by Gasteiger charge is 2.37. The van der Waals surface area contributed by atoms with E-state index in [4.69, 9.17) is 0 Å². The number of likely N-dealkylation sites (N-methyl/N-ethyl adjacent to an activating group) is 1. The number of aromatic nitrogens is 2. The SMILES string of the molecule is CC(C)C(C)C1CC(c2ccc3[nH]c4ncccc4c3c2)=C(C(=O)O)N1C. The quantitative estimate of drug-likeness (QED) is 0.716. The van der Waals surface area contributed by atoms with Crippen LogP contribution in [0.15, 0.2) is 42.2 Å². The fourth-order valence-electron chi connectivity index (χ4n) is 4.25. The Kier molecular flexibility index (Phi) is 4.17. The summed E-state index contributed by atoms with van der Waals surface area (Å²) < 4.78 is 0. The highest BCUT2D eigenvalue weighted by Crippen LogP contribution is 2.40. The zero-order valence-electron chi connectivity index (χ0n) is 16.2. The molecule has 0 fully saturated rings. The van der Waals surface area contributed by atoms with E-state index in [9.17, 15) is 9.90 Å². The summed E-state index contributed by atoms with van der Waals surface area (Å²) in [4.78, 5) is 21.7. The van der Waals surface area contributed by atoms with Gasteiger partial charge in [0.2, 0.25) is 0 Å². The summed E-state index contributed by atoms with van der Waals surface area (Å²) >= 11 is 0. The van der Waals surface area contributed by atoms with E-state index in [1.807, 2.05) is 36.2 Å². The zero-order chi connectivity index (χ0) is 19.3. The number of hydrogen-bond acceptors (Lipinski definition) is 3. The smallest absolute Gasteiger partial charge is 0.352 e. The molecule has 140 valence electrons. The van der Waals surface area contributed by atoms with Crippen LogP contribution in [0.4, 0.5) is 0 Å². The molecule has 5 nitrogen and oxygen atoms in total. The van der Waals surface area contributed by atoms with Crippen LogP contribution >= 0.6 is 0 Å². The Morgan fingerprint density at radius 3 is 2.74 bits per heavy atom. The minimum absolute atomic E-state index is 0.200. The summed E-state index contributed by atoms with van der Waals surface area (Å²) in [5.74, 6) is 0.0449. The molecule has 3 heterocycles. The summed E-state index contributed by atoms with van der Waals surface area (Å²) in [7, 11) is 1.91. The van der Waals surface area contributed by atoms with Crippen molar-refractivity contribution in [1.82, 2.24) is 14.9 Å². The van der Waals surface area contributed by atoms with Gasteiger partial charge in [-0.25, -0.2) is 9.78 Å². The van der Waals surface area contributed by atoms with E-state index in [2.05, 4.69) is 36.8 Å². The second kappa shape index (κ2) is 6.41. The van der Waals surface area contributed by atoms with Crippen LogP contribution < -0.4 is 0 Å². The van der Waals surface area contributed by atoms with E-state index >= 15 is 0 Å². The van der Waals surface area contributed by atoms with Crippen molar-refractivity contribution in [3.8, 4) is 0 Å². The standard InChI is InChI=1S/C22H25N3O2/c1-12(2)13(3)19-11-16(20(22(26)27)25(19)4)14-7-8-18-17(10-14)15-6-5-9-23-21(15)24-18/h5-10,12-13,19H,11H2,1-4H3,(H,23,24)(H,26,27). The molecule has 5 heteroatoms. The van der Waals surface area contributed by atoms with Crippen molar-refractivity contribution < 1.29 is 9.90 Å². The van der Waals surface area contributed by atoms with E-state index in [0.29, 0.717) is 17.5 Å². The minimum Gasteiger partial charge on any atom is -0.477 e. The zero-order valence-corrected chi connectivity index (χ0v) is 16.2. The normalized spacial score (nSPS) is 18.9. The van der Waals surface area contributed by atoms with Gasteiger partial charge >= 0.3 is 5.97 Å². The van der Waals surface area contributed by atoms with Crippen molar-refractivity contribution in [2.45, 2.75) is 33.2 Å². The van der Waals surface area contributed by atoms with Crippen LogP contribution in [0.2, 0.25) is 0 Å². The number of aromatic amines is 1. The molecule has 0 spiro atoms. The van der Waals surface area contributed by atoms with Crippen LogP contribution in [-0.4, -0.2) is 39.0 Å². The van der Waals surface area contributed by atoms with E-state index in [1.54, 1.807) is 6.20 Å². The Morgan fingerprint density at radius 1 is 1.26 bits per heavy atom. The molecule has 2 atom stereocenters. The lowest BCUT2D eigenvalue weighted by Crippen LogP contribution is -2.35. The van der Waals surface area contributed by atoms with Crippen LogP contribution in [0.3, 0.4) is 0 Å². The first-order chi connectivity index (χ1) is 12.9. The Balaban J connectivity index is 1.84. The van der Waals surface area contributed by atoms with Crippen molar-refractivity contribution >= 4 is 33.5 Å². The molecule has 2 aromatic heterocycles. The maximum atomic E-state index is 12.0. The molecule has 1 aliphatic heterocycles. The van der Waals surface area contributed by atoms with Gasteiger partial charge in [0.1, 0.15) is 11.3 Å². The van der Waals surface area contributed by atoms with E-state index in [-0.39, 0.29) is 6.04 Å². The van der Waals surface area contributed by atoms with Gasteiger partial charge in [0, 0.05) is 35.6 Å². The highest BCUT2D eigenvalue weighted by atomic mass is 16.4. The molecular formula is C22H25N3O2. The Hall–Kier alpha value is -2.82. The number of carboxylic acid groups (broad SMARTS) is 1. The van der Waals surface area contributed by atoms with Crippen molar-refractivity contribution in [2.75, 3.05) is 7.05 Å². The second-order valence-electron chi connectivity index (χ2n) is 7.90. The van der Waals surface area contributed by atoms with Crippen molar-refractivity contribution in [3.05, 3.63) is 47.8 Å². The third kappa shape index (κ3) is 2.78. The molecule has 2 N–H and O–H groups in total. The van der Waals surface area contributed by atoms with Gasteiger partial charge in [0.05, 0.1) is 0 Å². The number of nitrogens with zero attached hydrogens (tertiary/aromatic N) is 2. The van der Waals surface area contributed by atoms with Crippen LogP contribution in [0.5, 0.6) is 0 Å².